The Morgan fingerprint density at radius 1 is 1.17 bits per heavy atom. The predicted octanol–water partition coefficient (Wildman–Crippen LogP) is 2.38. The molecule has 0 radical (unpaired) electrons. The van der Waals surface area contributed by atoms with Crippen LogP contribution < -0.4 is 15.4 Å². The Hall–Kier alpha value is -2.27. The van der Waals surface area contributed by atoms with Crippen molar-refractivity contribution in [2.24, 2.45) is 0 Å². The van der Waals surface area contributed by atoms with Crippen molar-refractivity contribution in [3.63, 3.8) is 0 Å². The lowest BCUT2D eigenvalue weighted by Crippen LogP contribution is -2.31. The summed E-state index contributed by atoms with van der Waals surface area (Å²) in [5.74, 6) is 0.935. The van der Waals surface area contributed by atoms with E-state index in [9.17, 15) is 4.79 Å². The number of nitrogens with one attached hydrogen (secondary N) is 2. The fourth-order valence-electron chi connectivity index (χ4n) is 2.70. The quantitative estimate of drug-likeness (QED) is 0.734. The zero-order valence-corrected chi connectivity index (χ0v) is 13.1. The number of carbonyl (C=O) groups is 1. The van der Waals surface area contributed by atoms with Crippen molar-refractivity contribution in [2.45, 2.75) is 25.4 Å². The second kappa shape index (κ2) is 7.83. The molecule has 0 bridgehead atoms. The number of para-hydroxylation sites is 1. The first kappa shape index (κ1) is 15.6. The van der Waals surface area contributed by atoms with Crippen LogP contribution in [0.1, 0.15) is 28.8 Å². The summed E-state index contributed by atoms with van der Waals surface area (Å²) < 4.78 is 10.8. The number of ether oxygens (including phenoxy) is 1. The summed E-state index contributed by atoms with van der Waals surface area (Å²) in [6.45, 7) is 2.46. The molecule has 5 heteroatoms. The first-order valence-corrected chi connectivity index (χ1v) is 8.08. The average molecular weight is 314 g/mol. The molecule has 122 valence electrons. The van der Waals surface area contributed by atoms with E-state index in [0.29, 0.717) is 12.1 Å². The molecule has 0 fully saturated rings. The van der Waals surface area contributed by atoms with Gasteiger partial charge in [0.25, 0.3) is 5.91 Å². The second-order valence-electron chi connectivity index (χ2n) is 5.73. The number of hydrogen-bond acceptors (Lipinski definition) is 4. The Morgan fingerprint density at radius 2 is 2.04 bits per heavy atom. The van der Waals surface area contributed by atoms with E-state index in [-0.39, 0.29) is 12.0 Å². The molecule has 0 saturated heterocycles. The fourth-order valence-corrected chi connectivity index (χ4v) is 2.70. The van der Waals surface area contributed by atoms with Gasteiger partial charge in [-0.05, 0) is 37.1 Å². The van der Waals surface area contributed by atoms with Crippen molar-refractivity contribution in [3.05, 3.63) is 54.0 Å². The van der Waals surface area contributed by atoms with Gasteiger partial charge in [-0.15, -0.1) is 0 Å². The molecular weight excluding hydrogens is 292 g/mol. The molecule has 0 saturated carbocycles. The minimum absolute atomic E-state index is 0.0798. The summed E-state index contributed by atoms with van der Waals surface area (Å²) >= 11 is 0. The minimum Gasteiger partial charge on any atom is -0.488 e. The Morgan fingerprint density at radius 3 is 2.87 bits per heavy atom. The van der Waals surface area contributed by atoms with Crippen molar-refractivity contribution >= 4 is 5.91 Å². The van der Waals surface area contributed by atoms with E-state index in [4.69, 9.17) is 9.15 Å². The summed E-state index contributed by atoms with van der Waals surface area (Å²) in [6.07, 6.45) is 6.13. The van der Waals surface area contributed by atoms with Gasteiger partial charge in [-0.25, -0.2) is 0 Å². The molecule has 1 amide bonds. The number of carbonyl (C=O) groups excluding carboxylic acids is 1. The number of unbranched alkanes of at least 4 members (excludes halogenated alkanes) is 1. The van der Waals surface area contributed by atoms with Crippen LogP contribution in [0.4, 0.5) is 0 Å². The maximum Gasteiger partial charge on any atom is 0.254 e. The van der Waals surface area contributed by atoms with E-state index in [1.54, 1.807) is 6.07 Å². The van der Waals surface area contributed by atoms with Crippen LogP contribution in [0.15, 0.2) is 47.3 Å². The van der Waals surface area contributed by atoms with Gasteiger partial charge >= 0.3 is 0 Å². The SMILES string of the molecule is O=C(NCCCCNCC1Cc2ccccc2O1)c1ccoc1. The highest BCUT2D eigenvalue weighted by atomic mass is 16.5. The van der Waals surface area contributed by atoms with E-state index >= 15 is 0 Å². The van der Waals surface area contributed by atoms with Gasteiger partial charge < -0.3 is 19.8 Å². The standard InChI is InChI=1S/C18H22N2O3/c21-18(15-7-10-22-13-15)20-9-4-3-8-19-12-16-11-14-5-1-2-6-17(14)23-16/h1-2,5-7,10,13,16,19H,3-4,8-9,11-12H2,(H,20,21). The number of fused-ring (bicyclic) bond motifs is 1. The number of benzene rings is 1. The van der Waals surface area contributed by atoms with Crippen LogP contribution in [0.3, 0.4) is 0 Å². The predicted molar refractivity (Wildman–Crippen MR) is 87.7 cm³/mol. The van der Waals surface area contributed by atoms with Crippen LogP contribution in [0.25, 0.3) is 0 Å². The molecule has 23 heavy (non-hydrogen) atoms. The minimum atomic E-state index is -0.0798. The maximum absolute atomic E-state index is 11.7. The lowest BCUT2D eigenvalue weighted by Gasteiger charge is -2.11. The Bertz CT molecular complexity index is 600. The molecule has 2 heterocycles. The van der Waals surface area contributed by atoms with Crippen LogP contribution in [0.2, 0.25) is 0 Å². The largest absolute Gasteiger partial charge is 0.488 e. The summed E-state index contributed by atoms with van der Waals surface area (Å²) in [5.41, 5.74) is 1.86. The zero-order valence-electron chi connectivity index (χ0n) is 13.1. The lowest BCUT2D eigenvalue weighted by molar-refractivity contribution is 0.0952. The highest BCUT2D eigenvalue weighted by molar-refractivity contribution is 5.93. The normalized spacial score (nSPS) is 15.9. The van der Waals surface area contributed by atoms with Crippen molar-refractivity contribution < 1.29 is 13.9 Å². The maximum atomic E-state index is 11.7. The first-order valence-electron chi connectivity index (χ1n) is 8.08. The molecule has 1 aromatic heterocycles. The average Bonchev–Trinajstić information content (AvgIpc) is 3.22. The summed E-state index contributed by atoms with van der Waals surface area (Å²) in [7, 11) is 0. The molecule has 5 nitrogen and oxygen atoms in total. The van der Waals surface area contributed by atoms with Crippen molar-refractivity contribution in [1.29, 1.82) is 0 Å². The van der Waals surface area contributed by atoms with Crippen LogP contribution in [0, 0.1) is 0 Å². The summed E-state index contributed by atoms with van der Waals surface area (Å²) in [5, 5.41) is 6.30. The molecule has 2 aromatic rings. The monoisotopic (exact) mass is 314 g/mol. The lowest BCUT2D eigenvalue weighted by atomic mass is 10.1. The Balaban J connectivity index is 1.22. The van der Waals surface area contributed by atoms with Crippen LogP contribution >= 0.6 is 0 Å². The van der Waals surface area contributed by atoms with Gasteiger partial charge in [0.05, 0.1) is 11.8 Å². The molecule has 1 aromatic carbocycles. The van der Waals surface area contributed by atoms with E-state index in [1.165, 1.54) is 18.1 Å². The highest BCUT2D eigenvalue weighted by Gasteiger charge is 2.21. The van der Waals surface area contributed by atoms with Gasteiger partial charge in [0.1, 0.15) is 18.1 Å². The van der Waals surface area contributed by atoms with Gasteiger partial charge in [-0.3, -0.25) is 4.79 Å². The molecular formula is C18H22N2O3. The van der Waals surface area contributed by atoms with Crippen molar-refractivity contribution in [3.8, 4) is 5.75 Å². The zero-order chi connectivity index (χ0) is 15.9. The number of furan rings is 1. The third kappa shape index (κ3) is 4.36. The van der Waals surface area contributed by atoms with Gasteiger partial charge in [0, 0.05) is 19.5 Å². The molecule has 1 aliphatic heterocycles. The van der Waals surface area contributed by atoms with E-state index < -0.39 is 0 Å². The number of rotatable bonds is 8. The fraction of sp³-hybridized carbons (Fsp3) is 0.389. The van der Waals surface area contributed by atoms with Crippen molar-refractivity contribution in [1.82, 2.24) is 10.6 Å². The molecule has 1 atom stereocenters. The van der Waals surface area contributed by atoms with E-state index in [2.05, 4.69) is 22.8 Å². The van der Waals surface area contributed by atoms with Crippen LogP contribution in [0.5, 0.6) is 5.75 Å². The van der Waals surface area contributed by atoms with Gasteiger partial charge in [0.15, 0.2) is 0 Å². The molecule has 1 aliphatic rings. The van der Waals surface area contributed by atoms with Crippen molar-refractivity contribution in [2.75, 3.05) is 19.6 Å². The third-order valence-corrected chi connectivity index (χ3v) is 3.94. The van der Waals surface area contributed by atoms with Crippen LogP contribution in [-0.2, 0) is 6.42 Å². The molecule has 3 rings (SSSR count). The molecule has 1 unspecified atom stereocenters. The van der Waals surface area contributed by atoms with Gasteiger partial charge in [-0.1, -0.05) is 18.2 Å². The second-order valence-corrected chi connectivity index (χ2v) is 5.73. The Labute approximate surface area is 136 Å². The first-order chi connectivity index (χ1) is 11.3. The summed E-state index contributed by atoms with van der Waals surface area (Å²) in [4.78, 5) is 11.7. The van der Waals surface area contributed by atoms with Gasteiger partial charge in [0.2, 0.25) is 0 Å². The highest BCUT2D eigenvalue weighted by Crippen LogP contribution is 2.27. The number of amides is 1. The third-order valence-electron chi connectivity index (χ3n) is 3.94. The molecule has 0 spiro atoms. The smallest absolute Gasteiger partial charge is 0.254 e. The van der Waals surface area contributed by atoms with E-state index in [0.717, 1.165) is 38.1 Å². The Kier molecular flexibility index (Phi) is 5.32. The van der Waals surface area contributed by atoms with E-state index in [1.807, 2.05) is 12.1 Å². The molecule has 2 N–H and O–H groups in total. The number of hydrogen-bond donors (Lipinski definition) is 2. The topological polar surface area (TPSA) is 63.5 Å². The molecule has 0 aliphatic carbocycles. The summed E-state index contributed by atoms with van der Waals surface area (Å²) in [6, 6.07) is 9.87. The van der Waals surface area contributed by atoms with Gasteiger partial charge in [-0.2, -0.15) is 0 Å². The van der Waals surface area contributed by atoms with Crippen LogP contribution in [-0.4, -0.2) is 31.6 Å².